The monoisotopic (exact) mass is 302 g/mol. The molecule has 1 saturated carbocycles. The molecule has 6 heteroatoms. The molecule has 0 radical (unpaired) electrons. The van der Waals surface area contributed by atoms with Crippen LogP contribution in [0.2, 0.25) is 0 Å². The van der Waals surface area contributed by atoms with Crippen LogP contribution in [0.1, 0.15) is 36.0 Å². The fourth-order valence-corrected chi connectivity index (χ4v) is 2.48. The second-order valence-electron chi connectivity index (χ2n) is 4.94. The molecule has 1 amide bonds. The molecule has 3 N–H and O–H groups in total. The van der Waals surface area contributed by atoms with Crippen molar-refractivity contribution in [2.45, 2.75) is 37.8 Å². The fourth-order valence-electron chi connectivity index (χ4n) is 2.48. The Hall–Kier alpha value is -1.33. The van der Waals surface area contributed by atoms with E-state index < -0.39 is 5.82 Å². The highest BCUT2D eigenvalue weighted by Crippen LogP contribution is 2.21. The quantitative estimate of drug-likeness (QED) is 0.900. The number of rotatable bonds is 3. The highest BCUT2D eigenvalue weighted by molar-refractivity contribution is 5.97. The van der Waals surface area contributed by atoms with E-state index in [2.05, 4.69) is 5.32 Å². The van der Waals surface area contributed by atoms with Gasteiger partial charge in [-0.2, -0.15) is 0 Å². The lowest BCUT2D eigenvalue weighted by Crippen LogP contribution is -2.42. The Morgan fingerprint density at radius 2 is 2.20 bits per heavy atom. The molecule has 0 spiro atoms. The minimum Gasteiger partial charge on any atom is -0.496 e. The van der Waals surface area contributed by atoms with Crippen LogP contribution >= 0.6 is 12.4 Å². The number of carbonyl (C=O) groups is 1. The SMILES string of the molecule is COc1ccc(F)cc1C(=O)NC1CCCC(N)C1.Cl. The van der Waals surface area contributed by atoms with Gasteiger partial charge in [0.05, 0.1) is 12.7 Å². The Morgan fingerprint density at radius 1 is 1.45 bits per heavy atom. The van der Waals surface area contributed by atoms with Gasteiger partial charge in [0.2, 0.25) is 0 Å². The van der Waals surface area contributed by atoms with Gasteiger partial charge in [-0.3, -0.25) is 4.79 Å². The molecular formula is C14H20ClFN2O2. The number of halogens is 2. The van der Waals surface area contributed by atoms with Gasteiger partial charge in [0, 0.05) is 12.1 Å². The Labute approximate surface area is 124 Å². The number of amides is 1. The van der Waals surface area contributed by atoms with E-state index in [1.807, 2.05) is 0 Å². The number of hydrogen-bond donors (Lipinski definition) is 2. The third-order valence-electron chi connectivity index (χ3n) is 3.46. The van der Waals surface area contributed by atoms with Crippen LogP contribution in [0.15, 0.2) is 18.2 Å². The van der Waals surface area contributed by atoms with Crippen LogP contribution < -0.4 is 15.8 Å². The molecule has 4 nitrogen and oxygen atoms in total. The number of hydrogen-bond acceptors (Lipinski definition) is 3. The van der Waals surface area contributed by atoms with Gasteiger partial charge in [-0.05, 0) is 43.9 Å². The molecule has 1 aliphatic rings. The van der Waals surface area contributed by atoms with E-state index in [1.54, 1.807) is 0 Å². The van der Waals surface area contributed by atoms with Gasteiger partial charge in [-0.15, -0.1) is 12.4 Å². The van der Waals surface area contributed by atoms with E-state index in [4.69, 9.17) is 10.5 Å². The van der Waals surface area contributed by atoms with Gasteiger partial charge in [-0.25, -0.2) is 4.39 Å². The zero-order chi connectivity index (χ0) is 13.8. The summed E-state index contributed by atoms with van der Waals surface area (Å²) in [5.41, 5.74) is 6.11. The van der Waals surface area contributed by atoms with Crippen LogP contribution in [-0.2, 0) is 0 Å². The van der Waals surface area contributed by atoms with Crippen molar-refractivity contribution in [3.63, 3.8) is 0 Å². The van der Waals surface area contributed by atoms with Crippen molar-refractivity contribution in [3.8, 4) is 5.75 Å². The number of methoxy groups -OCH3 is 1. The number of nitrogens with one attached hydrogen (secondary N) is 1. The lowest BCUT2D eigenvalue weighted by Gasteiger charge is -2.27. The molecule has 20 heavy (non-hydrogen) atoms. The summed E-state index contributed by atoms with van der Waals surface area (Å²) in [6.07, 6.45) is 3.68. The first-order chi connectivity index (χ1) is 9.10. The summed E-state index contributed by atoms with van der Waals surface area (Å²) >= 11 is 0. The summed E-state index contributed by atoms with van der Waals surface area (Å²) in [7, 11) is 1.46. The van der Waals surface area contributed by atoms with E-state index in [-0.39, 0.29) is 36.0 Å². The largest absolute Gasteiger partial charge is 0.496 e. The number of benzene rings is 1. The average molecular weight is 303 g/mol. The predicted octanol–water partition coefficient (Wildman–Crippen LogP) is 2.26. The summed E-state index contributed by atoms with van der Waals surface area (Å²) in [4.78, 5) is 12.2. The molecule has 1 fully saturated rings. The maximum Gasteiger partial charge on any atom is 0.255 e. The molecule has 0 heterocycles. The smallest absolute Gasteiger partial charge is 0.255 e. The third kappa shape index (κ3) is 4.08. The van der Waals surface area contributed by atoms with E-state index in [0.717, 1.165) is 25.7 Å². The van der Waals surface area contributed by atoms with Crippen molar-refractivity contribution in [2.75, 3.05) is 7.11 Å². The van der Waals surface area contributed by atoms with Crippen molar-refractivity contribution in [1.29, 1.82) is 0 Å². The lowest BCUT2D eigenvalue weighted by atomic mass is 9.91. The highest BCUT2D eigenvalue weighted by Gasteiger charge is 2.22. The van der Waals surface area contributed by atoms with Crippen LogP contribution in [0.3, 0.4) is 0 Å². The molecule has 0 aliphatic heterocycles. The highest BCUT2D eigenvalue weighted by atomic mass is 35.5. The zero-order valence-electron chi connectivity index (χ0n) is 11.4. The second kappa shape index (κ2) is 7.45. The first kappa shape index (κ1) is 16.7. The summed E-state index contributed by atoms with van der Waals surface area (Å²) in [6, 6.07) is 4.11. The van der Waals surface area contributed by atoms with Crippen molar-refractivity contribution in [1.82, 2.24) is 5.32 Å². The van der Waals surface area contributed by atoms with Crippen molar-refractivity contribution >= 4 is 18.3 Å². The van der Waals surface area contributed by atoms with E-state index in [1.165, 1.54) is 25.3 Å². The molecular weight excluding hydrogens is 283 g/mol. The van der Waals surface area contributed by atoms with Gasteiger partial charge >= 0.3 is 0 Å². The van der Waals surface area contributed by atoms with E-state index in [0.29, 0.717) is 5.75 Å². The minimum absolute atomic E-state index is 0. The summed E-state index contributed by atoms with van der Waals surface area (Å²) < 4.78 is 18.3. The van der Waals surface area contributed by atoms with Crippen LogP contribution in [0.4, 0.5) is 4.39 Å². The Kier molecular flexibility index (Phi) is 6.23. The molecule has 2 atom stereocenters. The molecule has 0 aromatic heterocycles. The normalized spacial score (nSPS) is 21.8. The third-order valence-corrected chi connectivity index (χ3v) is 3.46. The molecule has 2 unspecified atom stereocenters. The Balaban J connectivity index is 0.00000200. The lowest BCUT2D eigenvalue weighted by molar-refractivity contribution is 0.0922. The van der Waals surface area contributed by atoms with Gasteiger partial charge < -0.3 is 15.8 Å². The zero-order valence-corrected chi connectivity index (χ0v) is 12.2. The second-order valence-corrected chi connectivity index (χ2v) is 4.94. The fraction of sp³-hybridized carbons (Fsp3) is 0.500. The van der Waals surface area contributed by atoms with Crippen LogP contribution in [0.25, 0.3) is 0 Å². The first-order valence-corrected chi connectivity index (χ1v) is 6.50. The van der Waals surface area contributed by atoms with Crippen molar-refractivity contribution < 1.29 is 13.9 Å². The average Bonchev–Trinajstić information content (AvgIpc) is 2.38. The van der Waals surface area contributed by atoms with Gasteiger partial charge in [0.25, 0.3) is 5.91 Å². The van der Waals surface area contributed by atoms with Crippen LogP contribution in [0.5, 0.6) is 5.75 Å². The van der Waals surface area contributed by atoms with E-state index >= 15 is 0 Å². The van der Waals surface area contributed by atoms with E-state index in [9.17, 15) is 9.18 Å². The van der Waals surface area contributed by atoms with Crippen LogP contribution in [-0.4, -0.2) is 25.1 Å². The summed E-state index contributed by atoms with van der Waals surface area (Å²) in [5, 5.41) is 2.90. The Bertz CT molecular complexity index is 470. The number of nitrogens with two attached hydrogens (primary N) is 1. The number of carbonyl (C=O) groups excluding carboxylic acids is 1. The minimum atomic E-state index is -0.453. The predicted molar refractivity (Wildman–Crippen MR) is 77.9 cm³/mol. The standard InChI is InChI=1S/C14H19FN2O2.ClH/c1-19-13-6-5-9(15)7-12(13)14(18)17-11-4-2-3-10(16)8-11;/h5-7,10-11H,2-4,8,16H2,1H3,(H,17,18);1H. The van der Waals surface area contributed by atoms with Gasteiger partial charge in [0.1, 0.15) is 11.6 Å². The summed E-state index contributed by atoms with van der Waals surface area (Å²) in [5.74, 6) is -0.388. The molecule has 1 aromatic carbocycles. The molecule has 112 valence electrons. The Morgan fingerprint density at radius 3 is 2.85 bits per heavy atom. The molecule has 0 bridgehead atoms. The van der Waals surface area contributed by atoms with Gasteiger partial charge in [-0.1, -0.05) is 0 Å². The maximum atomic E-state index is 13.2. The molecule has 2 rings (SSSR count). The van der Waals surface area contributed by atoms with Crippen molar-refractivity contribution in [2.24, 2.45) is 5.73 Å². The van der Waals surface area contributed by atoms with Crippen LogP contribution in [0, 0.1) is 5.82 Å². The molecule has 1 aliphatic carbocycles. The van der Waals surface area contributed by atoms with Crippen molar-refractivity contribution in [3.05, 3.63) is 29.6 Å². The number of ether oxygens (including phenoxy) is 1. The molecule has 0 saturated heterocycles. The maximum absolute atomic E-state index is 13.2. The molecule has 1 aromatic rings. The first-order valence-electron chi connectivity index (χ1n) is 6.50. The topological polar surface area (TPSA) is 64.3 Å². The van der Waals surface area contributed by atoms with Gasteiger partial charge in [0.15, 0.2) is 0 Å². The summed E-state index contributed by atoms with van der Waals surface area (Å²) in [6.45, 7) is 0.